The van der Waals surface area contributed by atoms with Gasteiger partial charge in [-0.3, -0.25) is 4.99 Å². The molecule has 0 aliphatic carbocycles. The van der Waals surface area contributed by atoms with Crippen LogP contribution in [0.4, 0.5) is 0 Å². The number of hydrogen-bond acceptors (Lipinski definition) is 4. The molecular formula is C20H26Cl2IN3O3. The van der Waals surface area contributed by atoms with Gasteiger partial charge in [0.05, 0.1) is 21.3 Å². The van der Waals surface area contributed by atoms with E-state index in [0.29, 0.717) is 52.8 Å². The Morgan fingerprint density at radius 2 is 1.55 bits per heavy atom. The average Bonchev–Trinajstić information content (AvgIpc) is 2.71. The summed E-state index contributed by atoms with van der Waals surface area (Å²) >= 11 is 12.4. The Morgan fingerprint density at radius 1 is 0.966 bits per heavy atom. The number of hydrogen-bond donors (Lipinski definition) is 2. The lowest BCUT2D eigenvalue weighted by Crippen LogP contribution is -2.37. The quantitative estimate of drug-likeness (QED) is 0.285. The average molecular weight is 554 g/mol. The second-order valence-electron chi connectivity index (χ2n) is 5.84. The molecule has 2 rings (SSSR count). The van der Waals surface area contributed by atoms with Crippen LogP contribution in [0.3, 0.4) is 0 Å². The van der Waals surface area contributed by atoms with E-state index in [1.54, 1.807) is 28.4 Å². The van der Waals surface area contributed by atoms with Gasteiger partial charge in [-0.2, -0.15) is 0 Å². The van der Waals surface area contributed by atoms with Crippen LogP contribution >= 0.6 is 47.2 Å². The summed E-state index contributed by atoms with van der Waals surface area (Å²) in [7, 11) is 6.48. The standard InChI is InChI=1S/C20H25Cl2N3O3.HI/c1-23-20(24-9-8-14-15(21)6-5-7-16(14)22)25-12-13-10-17(26-2)19(28-4)18(11-13)27-3;/h5-7,10-11H,8-9,12H2,1-4H3,(H2,23,24,25);1H. The third-order valence-electron chi connectivity index (χ3n) is 4.14. The first kappa shape index (κ1) is 25.5. The van der Waals surface area contributed by atoms with Crippen LogP contribution in [0.1, 0.15) is 11.1 Å². The van der Waals surface area contributed by atoms with E-state index in [9.17, 15) is 0 Å². The topological polar surface area (TPSA) is 64.1 Å². The lowest BCUT2D eigenvalue weighted by molar-refractivity contribution is 0.323. The van der Waals surface area contributed by atoms with E-state index in [0.717, 1.165) is 11.1 Å². The number of methoxy groups -OCH3 is 3. The molecule has 2 N–H and O–H groups in total. The van der Waals surface area contributed by atoms with Crippen LogP contribution in [0.5, 0.6) is 17.2 Å². The molecule has 0 aromatic heterocycles. The maximum atomic E-state index is 6.21. The predicted molar refractivity (Wildman–Crippen MR) is 130 cm³/mol. The minimum Gasteiger partial charge on any atom is -0.493 e. The minimum atomic E-state index is 0. The highest BCUT2D eigenvalue weighted by Crippen LogP contribution is 2.38. The van der Waals surface area contributed by atoms with E-state index in [1.807, 2.05) is 30.3 Å². The molecule has 6 nitrogen and oxygen atoms in total. The number of aliphatic imine (C=N–C) groups is 1. The van der Waals surface area contributed by atoms with Gasteiger partial charge in [0.1, 0.15) is 0 Å². The van der Waals surface area contributed by atoms with Crippen molar-refractivity contribution in [1.29, 1.82) is 0 Å². The summed E-state index contributed by atoms with van der Waals surface area (Å²) in [6, 6.07) is 9.29. The van der Waals surface area contributed by atoms with E-state index in [-0.39, 0.29) is 24.0 Å². The van der Waals surface area contributed by atoms with E-state index in [1.165, 1.54) is 0 Å². The van der Waals surface area contributed by atoms with E-state index < -0.39 is 0 Å². The number of nitrogens with zero attached hydrogens (tertiary/aromatic N) is 1. The predicted octanol–water partition coefficient (Wildman–Crippen LogP) is 4.54. The van der Waals surface area contributed by atoms with Gasteiger partial charge in [0.2, 0.25) is 5.75 Å². The maximum Gasteiger partial charge on any atom is 0.203 e. The third kappa shape index (κ3) is 7.01. The van der Waals surface area contributed by atoms with Crippen molar-refractivity contribution in [1.82, 2.24) is 10.6 Å². The van der Waals surface area contributed by atoms with Crippen molar-refractivity contribution in [2.75, 3.05) is 34.9 Å². The van der Waals surface area contributed by atoms with Crippen LogP contribution in [0, 0.1) is 0 Å². The first-order valence-electron chi connectivity index (χ1n) is 8.70. The Bertz CT molecular complexity index is 789. The van der Waals surface area contributed by atoms with Crippen LogP contribution in [0.25, 0.3) is 0 Å². The molecule has 160 valence electrons. The molecular weight excluding hydrogens is 528 g/mol. The number of benzene rings is 2. The van der Waals surface area contributed by atoms with Gasteiger partial charge in [0, 0.05) is 30.2 Å². The van der Waals surface area contributed by atoms with Crippen LogP contribution in [0.2, 0.25) is 10.0 Å². The van der Waals surface area contributed by atoms with Gasteiger partial charge in [0.25, 0.3) is 0 Å². The van der Waals surface area contributed by atoms with Crippen LogP contribution in [0.15, 0.2) is 35.3 Å². The Balaban J connectivity index is 0.00000420. The van der Waals surface area contributed by atoms with Crippen molar-refractivity contribution >= 4 is 53.1 Å². The fraction of sp³-hybridized carbons (Fsp3) is 0.350. The largest absolute Gasteiger partial charge is 0.493 e. The summed E-state index contributed by atoms with van der Waals surface area (Å²) in [6.07, 6.45) is 0.684. The normalized spacial score (nSPS) is 10.8. The second-order valence-corrected chi connectivity index (χ2v) is 6.65. The Morgan fingerprint density at radius 3 is 2.03 bits per heavy atom. The van der Waals surface area contributed by atoms with Gasteiger partial charge >= 0.3 is 0 Å². The molecule has 0 spiro atoms. The molecule has 0 saturated carbocycles. The van der Waals surface area contributed by atoms with Crippen molar-refractivity contribution < 1.29 is 14.2 Å². The molecule has 0 aliphatic heterocycles. The lowest BCUT2D eigenvalue weighted by Gasteiger charge is -2.16. The van der Waals surface area contributed by atoms with E-state index in [2.05, 4.69) is 15.6 Å². The van der Waals surface area contributed by atoms with Gasteiger partial charge in [-0.25, -0.2) is 0 Å². The zero-order valence-corrected chi connectivity index (χ0v) is 20.7. The third-order valence-corrected chi connectivity index (χ3v) is 4.85. The summed E-state index contributed by atoms with van der Waals surface area (Å²) in [5, 5.41) is 7.84. The summed E-state index contributed by atoms with van der Waals surface area (Å²) in [6.45, 7) is 1.17. The molecule has 0 atom stereocenters. The Hall–Kier alpha value is -1.58. The fourth-order valence-corrected chi connectivity index (χ4v) is 3.31. The summed E-state index contributed by atoms with van der Waals surface area (Å²) < 4.78 is 16.1. The first-order valence-corrected chi connectivity index (χ1v) is 9.45. The van der Waals surface area contributed by atoms with E-state index in [4.69, 9.17) is 37.4 Å². The Kier molecular flexibility index (Phi) is 11.3. The second kappa shape index (κ2) is 12.9. The Labute approximate surface area is 198 Å². The molecule has 2 aromatic rings. The van der Waals surface area contributed by atoms with Gasteiger partial charge in [-0.05, 0) is 41.8 Å². The van der Waals surface area contributed by atoms with Crippen molar-refractivity contribution in [2.45, 2.75) is 13.0 Å². The number of rotatable bonds is 8. The van der Waals surface area contributed by atoms with Crippen LogP contribution in [-0.2, 0) is 13.0 Å². The molecule has 0 saturated heterocycles. The van der Waals surface area contributed by atoms with E-state index >= 15 is 0 Å². The first-order chi connectivity index (χ1) is 13.5. The number of nitrogens with one attached hydrogen (secondary N) is 2. The summed E-state index contributed by atoms with van der Waals surface area (Å²) in [5.41, 5.74) is 1.88. The molecule has 0 aliphatic rings. The molecule has 0 bridgehead atoms. The van der Waals surface area contributed by atoms with Crippen molar-refractivity contribution in [3.8, 4) is 17.2 Å². The zero-order chi connectivity index (χ0) is 20.5. The molecule has 0 fully saturated rings. The summed E-state index contributed by atoms with van der Waals surface area (Å²) in [4.78, 5) is 4.24. The highest BCUT2D eigenvalue weighted by Gasteiger charge is 2.13. The molecule has 0 radical (unpaired) electrons. The highest BCUT2D eigenvalue weighted by atomic mass is 127. The van der Waals surface area contributed by atoms with Gasteiger partial charge in [-0.15, -0.1) is 24.0 Å². The molecule has 9 heteroatoms. The smallest absolute Gasteiger partial charge is 0.203 e. The number of halogens is 3. The summed E-state index contributed by atoms with van der Waals surface area (Å²) in [5.74, 6) is 2.44. The SMILES string of the molecule is CN=C(NCCc1c(Cl)cccc1Cl)NCc1cc(OC)c(OC)c(OC)c1.I. The molecule has 2 aromatic carbocycles. The number of ether oxygens (including phenoxy) is 3. The van der Waals surface area contributed by atoms with Crippen LogP contribution < -0.4 is 24.8 Å². The fourth-order valence-electron chi connectivity index (χ4n) is 2.72. The maximum absolute atomic E-state index is 6.21. The molecule has 0 unspecified atom stereocenters. The zero-order valence-electron chi connectivity index (χ0n) is 16.8. The van der Waals surface area contributed by atoms with Crippen molar-refractivity contribution in [3.05, 3.63) is 51.5 Å². The molecule has 0 heterocycles. The lowest BCUT2D eigenvalue weighted by atomic mass is 10.1. The van der Waals surface area contributed by atoms with Crippen LogP contribution in [-0.4, -0.2) is 40.9 Å². The molecule has 0 amide bonds. The highest BCUT2D eigenvalue weighted by molar-refractivity contribution is 14.0. The minimum absolute atomic E-state index is 0. The molecule has 29 heavy (non-hydrogen) atoms. The van der Waals surface area contributed by atoms with Crippen molar-refractivity contribution in [3.63, 3.8) is 0 Å². The van der Waals surface area contributed by atoms with Gasteiger partial charge < -0.3 is 24.8 Å². The van der Waals surface area contributed by atoms with Gasteiger partial charge in [0.15, 0.2) is 17.5 Å². The monoisotopic (exact) mass is 553 g/mol. The van der Waals surface area contributed by atoms with Gasteiger partial charge in [-0.1, -0.05) is 29.3 Å². The van der Waals surface area contributed by atoms with Crippen molar-refractivity contribution in [2.24, 2.45) is 4.99 Å². The number of guanidine groups is 1.